The number of halogens is 1. The van der Waals surface area contributed by atoms with Crippen molar-refractivity contribution in [2.24, 2.45) is 0 Å². The molecule has 1 N–H and O–H groups in total. The van der Waals surface area contributed by atoms with Crippen LogP contribution in [0.3, 0.4) is 0 Å². The third-order valence-electron chi connectivity index (χ3n) is 5.18. The van der Waals surface area contributed by atoms with Crippen molar-refractivity contribution < 1.29 is 23.4 Å². The Bertz CT molecular complexity index is 924. The second-order valence-electron chi connectivity index (χ2n) is 7.30. The summed E-state index contributed by atoms with van der Waals surface area (Å²) in [6.45, 7) is 7.22. The van der Waals surface area contributed by atoms with Crippen LogP contribution in [0.5, 0.6) is 11.5 Å². The molecule has 0 aromatic heterocycles. The average Bonchev–Trinajstić information content (AvgIpc) is 2.83. The lowest BCUT2D eigenvalue weighted by molar-refractivity contribution is -0.116. The van der Waals surface area contributed by atoms with E-state index in [0.29, 0.717) is 37.9 Å². The van der Waals surface area contributed by atoms with Gasteiger partial charge in [-0.1, -0.05) is 30.9 Å². The molecule has 32 heavy (non-hydrogen) atoms. The lowest BCUT2D eigenvalue weighted by Crippen LogP contribution is -2.43. The van der Waals surface area contributed by atoms with Crippen molar-refractivity contribution in [3.63, 3.8) is 0 Å². The van der Waals surface area contributed by atoms with E-state index in [9.17, 15) is 9.18 Å². The van der Waals surface area contributed by atoms with Crippen molar-refractivity contribution in [3.8, 4) is 11.5 Å². The van der Waals surface area contributed by atoms with Crippen LogP contribution < -0.4 is 14.8 Å². The van der Waals surface area contributed by atoms with E-state index >= 15 is 0 Å². The Balaban J connectivity index is 1.63. The molecule has 1 fully saturated rings. The monoisotopic (exact) mass is 440 g/mol. The van der Waals surface area contributed by atoms with E-state index in [4.69, 9.17) is 14.2 Å². The van der Waals surface area contributed by atoms with E-state index < -0.39 is 0 Å². The minimum atomic E-state index is -0.280. The van der Waals surface area contributed by atoms with Gasteiger partial charge in [0.1, 0.15) is 12.4 Å². The number of carbonyl (C=O) groups excluding carboxylic acids is 1. The highest BCUT2D eigenvalue weighted by molar-refractivity contribution is 5.91. The van der Waals surface area contributed by atoms with Gasteiger partial charge in [-0.2, -0.15) is 0 Å². The van der Waals surface area contributed by atoms with Crippen LogP contribution >= 0.6 is 0 Å². The van der Waals surface area contributed by atoms with Gasteiger partial charge < -0.3 is 19.5 Å². The molecule has 1 saturated heterocycles. The summed E-state index contributed by atoms with van der Waals surface area (Å²) >= 11 is 0. The minimum Gasteiger partial charge on any atom is -0.493 e. The number of ether oxygens (including phenoxy) is 3. The first kappa shape index (κ1) is 23.5. The molecule has 3 rings (SSSR count). The Morgan fingerprint density at radius 1 is 1.22 bits per heavy atom. The Hall–Kier alpha value is -3.16. The second-order valence-corrected chi connectivity index (χ2v) is 7.30. The zero-order chi connectivity index (χ0) is 22.8. The van der Waals surface area contributed by atoms with Gasteiger partial charge in [-0.25, -0.2) is 4.39 Å². The average molecular weight is 441 g/mol. The summed E-state index contributed by atoms with van der Waals surface area (Å²) in [7, 11) is 1.57. The molecule has 6 nitrogen and oxygen atoms in total. The van der Waals surface area contributed by atoms with E-state index in [1.54, 1.807) is 43.5 Å². The van der Waals surface area contributed by atoms with Crippen LogP contribution in [0.2, 0.25) is 0 Å². The van der Waals surface area contributed by atoms with Gasteiger partial charge >= 0.3 is 0 Å². The van der Waals surface area contributed by atoms with E-state index in [0.717, 1.165) is 24.2 Å². The van der Waals surface area contributed by atoms with Gasteiger partial charge in [-0.3, -0.25) is 9.69 Å². The Kier molecular flexibility index (Phi) is 8.83. The van der Waals surface area contributed by atoms with Crippen LogP contribution in [-0.2, 0) is 9.53 Å². The van der Waals surface area contributed by atoms with E-state index in [2.05, 4.69) is 16.8 Å². The summed E-state index contributed by atoms with van der Waals surface area (Å²) in [6, 6.07) is 11.8. The van der Waals surface area contributed by atoms with E-state index in [1.807, 2.05) is 6.07 Å². The molecule has 0 radical (unpaired) electrons. The fourth-order valence-electron chi connectivity index (χ4n) is 3.52. The van der Waals surface area contributed by atoms with Gasteiger partial charge in [0.15, 0.2) is 11.5 Å². The minimum absolute atomic E-state index is 0.0572. The first-order valence-corrected chi connectivity index (χ1v) is 10.6. The molecule has 2 aromatic carbocycles. The largest absolute Gasteiger partial charge is 0.493 e. The summed E-state index contributed by atoms with van der Waals surface area (Å²) in [5, 5.41) is 2.96. The molecule has 1 atom stereocenters. The Morgan fingerprint density at radius 3 is 2.66 bits per heavy atom. The van der Waals surface area contributed by atoms with Crippen LogP contribution in [0.4, 0.5) is 4.39 Å². The van der Waals surface area contributed by atoms with Crippen molar-refractivity contribution in [1.82, 2.24) is 10.2 Å². The van der Waals surface area contributed by atoms with Gasteiger partial charge in [-0.15, -0.1) is 0 Å². The van der Waals surface area contributed by atoms with Crippen molar-refractivity contribution in [1.29, 1.82) is 0 Å². The summed E-state index contributed by atoms with van der Waals surface area (Å²) in [5.41, 5.74) is 1.77. The zero-order valence-corrected chi connectivity index (χ0v) is 18.3. The molecule has 1 aliphatic rings. The number of morpholine rings is 1. The quantitative estimate of drug-likeness (QED) is 0.452. The molecule has 1 unspecified atom stereocenters. The normalized spacial score (nSPS) is 15.3. The first-order valence-electron chi connectivity index (χ1n) is 10.6. The Morgan fingerprint density at radius 2 is 1.97 bits per heavy atom. The molecule has 1 aliphatic heterocycles. The second kappa shape index (κ2) is 12.0. The lowest BCUT2D eigenvalue weighted by Gasteiger charge is -2.34. The first-order chi connectivity index (χ1) is 15.6. The van der Waals surface area contributed by atoms with Crippen LogP contribution in [0.1, 0.15) is 17.2 Å². The van der Waals surface area contributed by atoms with Crippen molar-refractivity contribution in [2.45, 2.75) is 6.04 Å². The molecule has 2 aromatic rings. The number of hydrogen-bond acceptors (Lipinski definition) is 5. The smallest absolute Gasteiger partial charge is 0.244 e. The highest BCUT2D eigenvalue weighted by Crippen LogP contribution is 2.28. The third kappa shape index (κ3) is 6.67. The van der Waals surface area contributed by atoms with Crippen LogP contribution in [0.25, 0.3) is 6.08 Å². The van der Waals surface area contributed by atoms with Crippen molar-refractivity contribution >= 4 is 12.0 Å². The highest BCUT2D eigenvalue weighted by atomic mass is 19.1. The summed E-state index contributed by atoms with van der Waals surface area (Å²) in [5.74, 6) is 0.703. The number of nitrogens with zero attached hydrogens (tertiary/aromatic N) is 1. The van der Waals surface area contributed by atoms with E-state index in [-0.39, 0.29) is 17.8 Å². The number of carbonyl (C=O) groups is 1. The fourth-order valence-corrected chi connectivity index (χ4v) is 3.52. The van der Waals surface area contributed by atoms with Gasteiger partial charge in [0.2, 0.25) is 5.91 Å². The highest BCUT2D eigenvalue weighted by Gasteiger charge is 2.23. The number of benzene rings is 2. The number of hydrogen-bond donors (Lipinski definition) is 1. The molecular formula is C25H29FN2O4. The Labute approximate surface area is 188 Å². The molecular weight excluding hydrogens is 411 g/mol. The summed E-state index contributed by atoms with van der Waals surface area (Å²) in [4.78, 5) is 14.7. The topological polar surface area (TPSA) is 60.0 Å². The predicted octanol–water partition coefficient (Wildman–Crippen LogP) is 3.60. The molecule has 7 heteroatoms. The number of amides is 1. The maximum atomic E-state index is 13.4. The molecule has 0 saturated carbocycles. The van der Waals surface area contributed by atoms with Crippen LogP contribution in [0, 0.1) is 5.82 Å². The molecule has 1 amide bonds. The molecule has 1 heterocycles. The zero-order valence-electron chi connectivity index (χ0n) is 18.3. The maximum Gasteiger partial charge on any atom is 0.244 e. The number of rotatable bonds is 10. The number of nitrogens with one attached hydrogen (secondary N) is 1. The predicted molar refractivity (Wildman–Crippen MR) is 122 cm³/mol. The lowest BCUT2D eigenvalue weighted by atomic mass is 10.0. The summed E-state index contributed by atoms with van der Waals surface area (Å²) < 4.78 is 29.7. The molecule has 0 aliphatic carbocycles. The third-order valence-corrected chi connectivity index (χ3v) is 5.18. The number of methoxy groups -OCH3 is 1. The molecule has 0 bridgehead atoms. The van der Waals surface area contributed by atoms with Crippen molar-refractivity contribution in [2.75, 3.05) is 46.6 Å². The maximum absolute atomic E-state index is 13.4. The summed E-state index contributed by atoms with van der Waals surface area (Å²) in [6.07, 6.45) is 4.87. The van der Waals surface area contributed by atoms with Gasteiger partial charge in [0.25, 0.3) is 0 Å². The van der Waals surface area contributed by atoms with Gasteiger partial charge in [0.05, 0.1) is 26.4 Å². The van der Waals surface area contributed by atoms with Crippen LogP contribution in [-0.4, -0.2) is 57.4 Å². The van der Waals surface area contributed by atoms with Gasteiger partial charge in [0, 0.05) is 25.7 Å². The SMILES string of the molecule is C=CCOc1ccc(/C=C/C(=O)NCC(c2ccc(F)cc2)N2CCOCC2)cc1OC. The fraction of sp³-hybridized carbons (Fsp3) is 0.320. The van der Waals surface area contributed by atoms with Crippen LogP contribution in [0.15, 0.2) is 61.2 Å². The molecule has 0 spiro atoms. The standard InChI is InChI=1S/C25H29FN2O4/c1-3-14-32-23-10-4-19(17-24(23)30-2)5-11-25(29)27-18-22(28-12-15-31-16-13-28)20-6-8-21(26)9-7-20/h3-11,17,22H,1,12-16,18H2,2H3,(H,27,29)/b11-5+. The van der Waals surface area contributed by atoms with Crippen molar-refractivity contribution in [3.05, 3.63) is 78.1 Å². The van der Waals surface area contributed by atoms with Gasteiger partial charge in [-0.05, 0) is 41.5 Å². The molecule has 170 valence electrons. The van der Waals surface area contributed by atoms with E-state index in [1.165, 1.54) is 18.2 Å².